The fourth-order valence-electron chi connectivity index (χ4n) is 10.5. The first kappa shape index (κ1) is 25.9. The summed E-state index contributed by atoms with van der Waals surface area (Å²) in [6.45, 7) is 17.4. The molecule has 0 unspecified atom stereocenters. The number of aliphatic hydroxyl groups is 4. The summed E-state index contributed by atoms with van der Waals surface area (Å²) in [6.07, 6.45) is 6.18. The van der Waals surface area contributed by atoms with Gasteiger partial charge in [-0.3, -0.25) is 0 Å². The second kappa shape index (κ2) is 7.89. The minimum atomic E-state index is -1.05. The van der Waals surface area contributed by atoms with Crippen molar-refractivity contribution in [3.05, 3.63) is 23.8 Å². The second-order valence-electron chi connectivity index (χ2n) is 14.2. The second-order valence-corrected chi connectivity index (χ2v) is 14.2. The van der Waals surface area contributed by atoms with Crippen LogP contribution in [0.25, 0.3) is 0 Å². The monoisotopic (exact) mass is 488 g/mol. The number of aliphatic hydroxyl groups excluding tert-OH is 3. The highest BCUT2D eigenvalue weighted by molar-refractivity contribution is 5.25. The molecule has 0 amide bonds. The molecular weight excluding hydrogens is 440 g/mol. The van der Waals surface area contributed by atoms with Gasteiger partial charge in [-0.2, -0.15) is 0 Å². The predicted octanol–water partition coefficient (Wildman–Crippen LogP) is 4.59. The van der Waals surface area contributed by atoms with Gasteiger partial charge in [0, 0.05) is 17.3 Å². The number of allylic oxidation sites excluding steroid dienone is 1. The van der Waals surface area contributed by atoms with Crippen molar-refractivity contribution < 1.29 is 25.2 Å². The molecular formula is C30H48O5. The summed E-state index contributed by atoms with van der Waals surface area (Å²) in [4.78, 5) is 0. The third kappa shape index (κ3) is 3.17. The minimum Gasteiger partial charge on any atom is -0.393 e. The van der Waals surface area contributed by atoms with E-state index in [1.54, 1.807) is 6.92 Å². The Labute approximate surface area is 211 Å². The van der Waals surface area contributed by atoms with E-state index in [0.717, 1.165) is 44.1 Å². The molecule has 0 aromatic carbocycles. The molecule has 4 saturated carbocycles. The molecule has 2 bridgehead atoms. The van der Waals surface area contributed by atoms with Gasteiger partial charge in [-0.1, -0.05) is 45.9 Å². The Morgan fingerprint density at radius 3 is 2.26 bits per heavy atom. The van der Waals surface area contributed by atoms with Crippen LogP contribution in [0.4, 0.5) is 0 Å². The highest BCUT2D eigenvalue weighted by Gasteiger charge is 2.75. The molecule has 0 aromatic rings. The van der Waals surface area contributed by atoms with Crippen LogP contribution in [-0.2, 0) is 4.74 Å². The molecule has 0 aromatic heterocycles. The fourth-order valence-corrected chi connectivity index (χ4v) is 10.5. The summed E-state index contributed by atoms with van der Waals surface area (Å²) in [6, 6.07) is 0. The molecule has 35 heavy (non-hydrogen) atoms. The van der Waals surface area contributed by atoms with Crippen LogP contribution in [0, 0.1) is 45.3 Å². The molecule has 0 radical (unpaired) electrons. The van der Waals surface area contributed by atoms with Crippen molar-refractivity contribution in [2.45, 2.75) is 111 Å². The van der Waals surface area contributed by atoms with Crippen molar-refractivity contribution in [1.82, 2.24) is 0 Å². The van der Waals surface area contributed by atoms with Crippen molar-refractivity contribution in [2.24, 2.45) is 45.3 Å². The maximum atomic E-state index is 11.9. The fraction of sp³-hybridized carbons (Fsp3) is 0.867. The van der Waals surface area contributed by atoms with Gasteiger partial charge in [-0.25, -0.2) is 0 Å². The SMILES string of the molecule is C=C(C)[C@H](O)[C@@H](O)/C=C(\C)[C@H]1CC[C@]2(C)[C@@H]1C[C@@H](O)[C@@H]1[C@]34CC[C@](O)(OC3)C(C)(C)[C@@H]4CC[C@]12C. The molecule has 2 aliphatic heterocycles. The van der Waals surface area contributed by atoms with Gasteiger partial charge in [0.05, 0.1) is 12.7 Å². The number of hydrogen-bond donors (Lipinski definition) is 4. The maximum Gasteiger partial charge on any atom is 0.170 e. The lowest BCUT2D eigenvalue weighted by Gasteiger charge is -2.74. The molecule has 2 heterocycles. The van der Waals surface area contributed by atoms with E-state index < -0.39 is 24.1 Å². The van der Waals surface area contributed by atoms with E-state index >= 15 is 0 Å². The number of hydrogen-bond acceptors (Lipinski definition) is 5. The first-order valence-electron chi connectivity index (χ1n) is 13.9. The Hall–Kier alpha value is -0.720. The van der Waals surface area contributed by atoms with Crippen molar-refractivity contribution in [3.8, 4) is 0 Å². The zero-order chi connectivity index (χ0) is 25.8. The predicted molar refractivity (Wildman–Crippen MR) is 136 cm³/mol. The standard InChI is InChI=1S/C30H48O5/c1-17(2)24(33)21(31)14-18(3)19-8-10-27(6)20(19)15-22(32)25-28(27,7)11-9-23-26(4,5)30(34)13-12-29(23,25)16-35-30/h14,19-25,31-34H,1,8-13,15-16H2,2-7H3/b18-14+/t19-,20-,21+,22-,23+,24+,25+,27-,28-,29-,30+/m1/s1. The number of rotatable bonds is 4. The van der Waals surface area contributed by atoms with E-state index in [1.165, 1.54) is 0 Å². The molecule has 2 saturated heterocycles. The average Bonchev–Trinajstić information content (AvgIpc) is 3.12. The van der Waals surface area contributed by atoms with Gasteiger partial charge in [0.25, 0.3) is 0 Å². The topological polar surface area (TPSA) is 90.2 Å². The van der Waals surface area contributed by atoms with Crippen LogP contribution < -0.4 is 0 Å². The molecule has 4 N–H and O–H groups in total. The summed E-state index contributed by atoms with van der Waals surface area (Å²) in [5, 5.41) is 44.1. The third-order valence-electron chi connectivity index (χ3n) is 12.6. The van der Waals surface area contributed by atoms with Crippen molar-refractivity contribution in [2.75, 3.05) is 6.61 Å². The molecule has 6 fully saturated rings. The van der Waals surface area contributed by atoms with Crippen LogP contribution >= 0.6 is 0 Å². The van der Waals surface area contributed by atoms with E-state index in [0.29, 0.717) is 36.4 Å². The Kier molecular flexibility index (Phi) is 5.84. The zero-order valence-electron chi connectivity index (χ0n) is 22.7. The average molecular weight is 489 g/mol. The Morgan fingerprint density at radius 1 is 1.00 bits per heavy atom. The Balaban J connectivity index is 1.49. The molecule has 11 atom stereocenters. The smallest absolute Gasteiger partial charge is 0.170 e. The number of ether oxygens (including phenoxy) is 1. The first-order chi connectivity index (χ1) is 16.1. The van der Waals surface area contributed by atoms with Crippen LogP contribution in [0.2, 0.25) is 0 Å². The van der Waals surface area contributed by atoms with E-state index in [4.69, 9.17) is 4.74 Å². The molecule has 6 aliphatic rings. The lowest BCUT2D eigenvalue weighted by molar-refractivity contribution is -0.404. The van der Waals surface area contributed by atoms with Gasteiger partial charge in [0.2, 0.25) is 0 Å². The highest BCUT2D eigenvalue weighted by Crippen LogP contribution is 2.77. The summed E-state index contributed by atoms with van der Waals surface area (Å²) < 4.78 is 6.25. The van der Waals surface area contributed by atoms with Crippen molar-refractivity contribution >= 4 is 0 Å². The quantitative estimate of drug-likeness (QED) is 0.435. The van der Waals surface area contributed by atoms with E-state index in [-0.39, 0.29) is 27.6 Å². The molecule has 5 nitrogen and oxygen atoms in total. The lowest BCUT2D eigenvalue weighted by Crippen LogP contribution is -2.75. The third-order valence-corrected chi connectivity index (χ3v) is 12.6. The van der Waals surface area contributed by atoms with Crippen LogP contribution in [0.1, 0.15) is 86.5 Å². The molecule has 1 spiro atoms. The van der Waals surface area contributed by atoms with Gasteiger partial charge in [0.15, 0.2) is 5.79 Å². The summed E-state index contributed by atoms with van der Waals surface area (Å²) >= 11 is 0. The van der Waals surface area contributed by atoms with Crippen molar-refractivity contribution in [1.29, 1.82) is 0 Å². The maximum absolute atomic E-state index is 11.9. The summed E-state index contributed by atoms with van der Waals surface area (Å²) in [7, 11) is 0. The van der Waals surface area contributed by atoms with Crippen LogP contribution in [-0.4, -0.2) is 51.1 Å². The minimum absolute atomic E-state index is 0.0110. The molecule has 6 rings (SSSR count). The highest BCUT2D eigenvalue weighted by atomic mass is 16.6. The van der Waals surface area contributed by atoms with Gasteiger partial charge < -0.3 is 25.2 Å². The summed E-state index contributed by atoms with van der Waals surface area (Å²) in [5.74, 6) is 0.112. The van der Waals surface area contributed by atoms with E-state index in [9.17, 15) is 20.4 Å². The van der Waals surface area contributed by atoms with Gasteiger partial charge >= 0.3 is 0 Å². The lowest BCUT2D eigenvalue weighted by atomic mass is 9.33. The first-order valence-corrected chi connectivity index (χ1v) is 13.9. The van der Waals surface area contributed by atoms with Gasteiger partial charge in [-0.05, 0) is 92.4 Å². The summed E-state index contributed by atoms with van der Waals surface area (Å²) in [5.41, 5.74) is 1.36. The molecule has 5 heteroatoms. The van der Waals surface area contributed by atoms with Crippen LogP contribution in [0.15, 0.2) is 23.8 Å². The Morgan fingerprint density at radius 2 is 1.66 bits per heavy atom. The largest absolute Gasteiger partial charge is 0.393 e. The zero-order valence-corrected chi connectivity index (χ0v) is 22.7. The molecule has 4 aliphatic carbocycles. The van der Waals surface area contributed by atoms with E-state index in [2.05, 4.69) is 41.2 Å². The van der Waals surface area contributed by atoms with Gasteiger partial charge in [0.1, 0.15) is 12.2 Å². The number of fused-ring (bicyclic) bond motifs is 5. The van der Waals surface area contributed by atoms with Crippen LogP contribution in [0.3, 0.4) is 0 Å². The Bertz CT molecular complexity index is 914. The molecule has 198 valence electrons. The normalized spacial score (nSPS) is 52.3. The van der Waals surface area contributed by atoms with Crippen LogP contribution in [0.5, 0.6) is 0 Å². The van der Waals surface area contributed by atoms with Gasteiger partial charge in [-0.15, -0.1) is 0 Å². The van der Waals surface area contributed by atoms with Crippen molar-refractivity contribution in [3.63, 3.8) is 0 Å². The van der Waals surface area contributed by atoms with E-state index in [1.807, 2.05) is 6.08 Å².